The summed E-state index contributed by atoms with van der Waals surface area (Å²) < 4.78 is 0.866. The number of carbonyl (C=O) groups excluding carboxylic acids is 2. The number of nitrogens with one attached hydrogen (secondary N) is 2. The smallest absolute Gasteiger partial charge is 0.318 e. The molecule has 0 atom stereocenters. The average Bonchev–Trinajstić information content (AvgIpc) is 2.63. The van der Waals surface area contributed by atoms with E-state index in [-0.39, 0.29) is 5.15 Å². The Morgan fingerprint density at radius 1 is 1.08 bits per heavy atom. The van der Waals surface area contributed by atoms with Gasteiger partial charge in [0.1, 0.15) is 5.15 Å². The van der Waals surface area contributed by atoms with Gasteiger partial charge in [-0.25, -0.2) is 10.4 Å². The molecule has 0 spiro atoms. The van der Waals surface area contributed by atoms with E-state index in [0.29, 0.717) is 11.3 Å². The second-order valence-corrected chi connectivity index (χ2v) is 6.49. The zero-order valence-electron chi connectivity index (χ0n) is 13.2. The molecule has 0 saturated heterocycles. The van der Waals surface area contributed by atoms with Gasteiger partial charge in [-0.15, -0.1) is 0 Å². The monoisotopic (exact) mass is 430 g/mol. The molecule has 0 aliphatic heterocycles. The number of hydrazone groups is 1. The maximum atomic E-state index is 11.8. The third-order valence-electron chi connectivity index (χ3n) is 3.38. The first-order chi connectivity index (χ1) is 12.5. The highest BCUT2D eigenvalue weighted by Gasteiger charge is 2.12. The van der Waals surface area contributed by atoms with Crippen LogP contribution in [0.2, 0.25) is 5.15 Å². The Hall–Kier alpha value is -2.77. The molecule has 8 heteroatoms. The lowest BCUT2D eigenvalue weighted by Gasteiger charge is -2.04. The highest BCUT2D eigenvalue weighted by molar-refractivity contribution is 9.10. The van der Waals surface area contributed by atoms with Crippen molar-refractivity contribution in [1.29, 1.82) is 0 Å². The lowest BCUT2D eigenvalue weighted by molar-refractivity contribution is -0.136. The first-order valence-corrected chi connectivity index (χ1v) is 8.65. The van der Waals surface area contributed by atoms with Gasteiger partial charge in [0.15, 0.2) is 0 Å². The first-order valence-electron chi connectivity index (χ1n) is 7.48. The lowest BCUT2D eigenvalue weighted by atomic mass is 10.2. The number of halogens is 2. The number of fused-ring (bicyclic) bond motifs is 1. The third-order valence-corrected chi connectivity index (χ3v) is 4.21. The number of carbonyl (C=O) groups is 2. The lowest BCUT2D eigenvalue weighted by Crippen LogP contribution is -2.32. The van der Waals surface area contributed by atoms with E-state index in [1.807, 2.05) is 24.3 Å². The van der Waals surface area contributed by atoms with Crippen LogP contribution in [0.25, 0.3) is 10.9 Å². The van der Waals surface area contributed by atoms with Gasteiger partial charge in [-0.1, -0.05) is 45.7 Å². The van der Waals surface area contributed by atoms with Gasteiger partial charge in [-0.2, -0.15) is 5.10 Å². The Morgan fingerprint density at radius 3 is 2.58 bits per heavy atom. The normalized spacial score (nSPS) is 10.8. The Kier molecular flexibility index (Phi) is 5.60. The largest absolute Gasteiger partial charge is 0.329 e. The van der Waals surface area contributed by atoms with Crippen molar-refractivity contribution in [2.24, 2.45) is 5.10 Å². The summed E-state index contributed by atoms with van der Waals surface area (Å²) in [7, 11) is 0. The molecule has 3 rings (SSSR count). The molecule has 0 aliphatic rings. The SMILES string of the molecule is O=C(N/N=C\c1cc2ccccc2nc1Cl)C(=O)Nc1ccc(Br)cc1. The molecule has 0 bridgehead atoms. The summed E-state index contributed by atoms with van der Waals surface area (Å²) in [4.78, 5) is 27.9. The fourth-order valence-corrected chi connectivity index (χ4v) is 2.59. The number of hydrogen-bond donors (Lipinski definition) is 2. The fourth-order valence-electron chi connectivity index (χ4n) is 2.13. The van der Waals surface area contributed by atoms with E-state index in [1.54, 1.807) is 30.3 Å². The Morgan fingerprint density at radius 2 is 1.81 bits per heavy atom. The number of anilines is 1. The van der Waals surface area contributed by atoms with E-state index in [9.17, 15) is 9.59 Å². The van der Waals surface area contributed by atoms with Crippen molar-refractivity contribution in [3.8, 4) is 0 Å². The van der Waals surface area contributed by atoms with Gasteiger partial charge in [0.05, 0.1) is 11.7 Å². The zero-order valence-corrected chi connectivity index (χ0v) is 15.6. The Labute approximate surface area is 162 Å². The molecule has 1 aromatic heterocycles. The fraction of sp³-hybridized carbons (Fsp3) is 0. The molecule has 1 heterocycles. The maximum Gasteiger partial charge on any atom is 0.329 e. The molecule has 0 saturated carbocycles. The molecule has 2 N–H and O–H groups in total. The van der Waals surface area contributed by atoms with Gasteiger partial charge in [0, 0.05) is 21.1 Å². The van der Waals surface area contributed by atoms with Crippen LogP contribution in [0.5, 0.6) is 0 Å². The third kappa shape index (κ3) is 4.44. The molecule has 2 amide bonds. The zero-order chi connectivity index (χ0) is 18.5. The molecule has 26 heavy (non-hydrogen) atoms. The first kappa shape index (κ1) is 18.0. The predicted octanol–water partition coefficient (Wildman–Crippen LogP) is 3.74. The topological polar surface area (TPSA) is 83.5 Å². The minimum absolute atomic E-state index is 0.251. The summed E-state index contributed by atoms with van der Waals surface area (Å²) in [5, 5.41) is 7.38. The molecule has 0 aliphatic carbocycles. The summed E-state index contributed by atoms with van der Waals surface area (Å²) in [6.45, 7) is 0. The van der Waals surface area contributed by atoms with E-state index in [4.69, 9.17) is 11.6 Å². The van der Waals surface area contributed by atoms with Gasteiger partial charge < -0.3 is 5.32 Å². The van der Waals surface area contributed by atoms with Gasteiger partial charge in [-0.3, -0.25) is 9.59 Å². The molecule has 6 nitrogen and oxygen atoms in total. The Bertz CT molecular complexity index is 1010. The highest BCUT2D eigenvalue weighted by Crippen LogP contribution is 2.19. The Balaban J connectivity index is 1.64. The van der Waals surface area contributed by atoms with Crippen LogP contribution in [0.15, 0.2) is 64.2 Å². The number of pyridine rings is 1. The molecule has 3 aromatic rings. The molecular weight excluding hydrogens is 420 g/mol. The van der Waals surface area contributed by atoms with Crippen molar-refractivity contribution in [2.75, 3.05) is 5.32 Å². The van der Waals surface area contributed by atoms with Crippen molar-refractivity contribution in [3.63, 3.8) is 0 Å². The summed E-state index contributed by atoms with van der Waals surface area (Å²) in [5.74, 6) is -1.72. The van der Waals surface area contributed by atoms with Crippen LogP contribution in [-0.2, 0) is 9.59 Å². The molecule has 0 radical (unpaired) electrons. The van der Waals surface area contributed by atoms with E-state index >= 15 is 0 Å². The number of nitrogens with zero attached hydrogens (tertiary/aromatic N) is 2. The maximum absolute atomic E-state index is 11.8. The second kappa shape index (κ2) is 8.07. The standard InChI is InChI=1S/C18H12BrClN4O2/c19-13-5-7-14(8-6-13)22-17(25)18(26)24-21-10-12-9-11-3-1-2-4-15(11)23-16(12)20/h1-10H,(H,22,25)(H,24,26)/b21-10-. The quantitative estimate of drug-likeness (QED) is 0.287. The molecule has 0 fully saturated rings. The number of amides is 2. The summed E-state index contributed by atoms with van der Waals surface area (Å²) >= 11 is 9.39. The second-order valence-electron chi connectivity index (χ2n) is 5.22. The number of aromatic nitrogens is 1. The van der Waals surface area contributed by atoms with Gasteiger partial charge in [0.2, 0.25) is 0 Å². The van der Waals surface area contributed by atoms with Crippen LogP contribution < -0.4 is 10.7 Å². The number of hydrogen-bond acceptors (Lipinski definition) is 4. The van der Waals surface area contributed by atoms with Crippen LogP contribution in [0.3, 0.4) is 0 Å². The van der Waals surface area contributed by atoms with Gasteiger partial charge in [0.25, 0.3) is 0 Å². The van der Waals surface area contributed by atoms with Crippen LogP contribution in [-0.4, -0.2) is 23.0 Å². The highest BCUT2D eigenvalue weighted by atomic mass is 79.9. The van der Waals surface area contributed by atoms with E-state index in [1.165, 1.54) is 6.21 Å². The minimum atomic E-state index is -0.894. The summed E-state index contributed by atoms with van der Waals surface area (Å²) in [6, 6.07) is 16.1. The van der Waals surface area contributed by atoms with E-state index in [0.717, 1.165) is 15.4 Å². The summed E-state index contributed by atoms with van der Waals surface area (Å²) in [6.07, 6.45) is 1.34. The van der Waals surface area contributed by atoms with Crippen LogP contribution in [0, 0.1) is 0 Å². The van der Waals surface area contributed by atoms with Gasteiger partial charge >= 0.3 is 11.8 Å². The van der Waals surface area contributed by atoms with E-state index < -0.39 is 11.8 Å². The van der Waals surface area contributed by atoms with Crippen LogP contribution >= 0.6 is 27.5 Å². The van der Waals surface area contributed by atoms with Crippen LogP contribution in [0.1, 0.15) is 5.56 Å². The molecule has 0 unspecified atom stereocenters. The van der Waals surface area contributed by atoms with Crippen LogP contribution in [0.4, 0.5) is 5.69 Å². The van der Waals surface area contributed by atoms with Crippen molar-refractivity contribution in [2.45, 2.75) is 0 Å². The van der Waals surface area contributed by atoms with E-state index in [2.05, 4.69) is 36.8 Å². The average molecular weight is 432 g/mol. The van der Waals surface area contributed by atoms with Crippen molar-refractivity contribution in [1.82, 2.24) is 10.4 Å². The predicted molar refractivity (Wildman–Crippen MR) is 105 cm³/mol. The number of benzene rings is 2. The van der Waals surface area contributed by atoms with Crippen molar-refractivity contribution in [3.05, 3.63) is 69.8 Å². The summed E-state index contributed by atoms with van der Waals surface area (Å²) in [5.41, 5.74) is 3.94. The number of para-hydroxylation sites is 1. The van der Waals surface area contributed by atoms with Crippen molar-refractivity contribution >= 4 is 62.2 Å². The molecular formula is C18H12BrClN4O2. The minimum Gasteiger partial charge on any atom is -0.318 e. The number of rotatable bonds is 3. The molecule has 130 valence electrons. The van der Waals surface area contributed by atoms with Crippen molar-refractivity contribution < 1.29 is 9.59 Å². The van der Waals surface area contributed by atoms with Gasteiger partial charge in [-0.05, 0) is 36.4 Å². The molecule has 2 aromatic carbocycles.